The number of carbonyl (C=O) groups is 1. The van der Waals surface area contributed by atoms with Gasteiger partial charge in [-0.05, 0) is 13.3 Å². The molecule has 122 valence electrons. The highest BCUT2D eigenvalue weighted by atomic mass is 16.4. The number of hydrogen-bond donors (Lipinski definition) is 3. The second-order valence-corrected chi connectivity index (χ2v) is 5.14. The SMILES string of the molecule is CCCCCCCCCCCCC(O)C(=O)O.CCO. The van der Waals surface area contributed by atoms with Gasteiger partial charge in [-0.3, -0.25) is 0 Å². The molecule has 0 saturated heterocycles. The van der Waals surface area contributed by atoms with Crippen molar-refractivity contribution in [1.29, 1.82) is 0 Å². The van der Waals surface area contributed by atoms with Gasteiger partial charge in [0.1, 0.15) is 0 Å². The van der Waals surface area contributed by atoms with Crippen molar-refractivity contribution < 1.29 is 20.1 Å². The van der Waals surface area contributed by atoms with Crippen molar-refractivity contribution in [3.05, 3.63) is 0 Å². The molecule has 0 fully saturated rings. The molecule has 0 aliphatic carbocycles. The first-order valence-electron chi connectivity index (χ1n) is 8.11. The van der Waals surface area contributed by atoms with Gasteiger partial charge in [-0.1, -0.05) is 71.1 Å². The van der Waals surface area contributed by atoms with E-state index in [9.17, 15) is 4.79 Å². The number of carboxylic acids is 1. The Labute approximate surface area is 124 Å². The van der Waals surface area contributed by atoms with Gasteiger partial charge in [0, 0.05) is 6.61 Å². The Balaban J connectivity index is 0. The maximum Gasteiger partial charge on any atom is 0.332 e. The average molecular weight is 290 g/mol. The van der Waals surface area contributed by atoms with Gasteiger partial charge < -0.3 is 15.3 Å². The molecule has 1 unspecified atom stereocenters. The topological polar surface area (TPSA) is 77.8 Å². The molecule has 0 aromatic rings. The minimum atomic E-state index is -1.16. The second kappa shape index (κ2) is 18.4. The zero-order valence-electron chi connectivity index (χ0n) is 13.3. The molecule has 0 aromatic heterocycles. The van der Waals surface area contributed by atoms with Crippen LogP contribution in [0.5, 0.6) is 0 Å². The number of carboxylic acid groups (broad SMARTS) is 1. The van der Waals surface area contributed by atoms with Crippen LogP contribution in [0.2, 0.25) is 0 Å². The van der Waals surface area contributed by atoms with Crippen LogP contribution in [-0.2, 0) is 4.79 Å². The highest BCUT2D eigenvalue weighted by Crippen LogP contribution is 2.11. The summed E-state index contributed by atoms with van der Waals surface area (Å²) >= 11 is 0. The highest BCUT2D eigenvalue weighted by Gasteiger charge is 2.11. The molecule has 3 N–H and O–H groups in total. The summed E-state index contributed by atoms with van der Waals surface area (Å²) in [7, 11) is 0. The van der Waals surface area contributed by atoms with Crippen molar-refractivity contribution in [2.75, 3.05) is 6.61 Å². The maximum absolute atomic E-state index is 10.3. The third-order valence-electron chi connectivity index (χ3n) is 3.12. The molecule has 0 aromatic carbocycles. The van der Waals surface area contributed by atoms with E-state index in [-0.39, 0.29) is 6.61 Å². The van der Waals surface area contributed by atoms with Gasteiger partial charge in [0.05, 0.1) is 0 Å². The molecule has 20 heavy (non-hydrogen) atoms. The van der Waals surface area contributed by atoms with Gasteiger partial charge in [-0.25, -0.2) is 4.79 Å². The normalized spacial score (nSPS) is 11.6. The van der Waals surface area contributed by atoms with Crippen molar-refractivity contribution in [3.8, 4) is 0 Å². The minimum absolute atomic E-state index is 0.250. The first-order valence-corrected chi connectivity index (χ1v) is 8.11. The molecule has 0 aliphatic heterocycles. The van der Waals surface area contributed by atoms with Crippen LogP contribution in [0.1, 0.15) is 84.5 Å². The van der Waals surface area contributed by atoms with Crippen LogP contribution in [0.4, 0.5) is 0 Å². The summed E-state index contributed by atoms with van der Waals surface area (Å²) in [5.41, 5.74) is 0. The molecular formula is C16H34O4. The summed E-state index contributed by atoms with van der Waals surface area (Å²) in [6.07, 6.45) is 11.5. The summed E-state index contributed by atoms with van der Waals surface area (Å²) in [4.78, 5) is 10.3. The molecule has 0 saturated carbocycles. The molecule has 4 heteroatoms. The van der Waals surface area contributed by atoms with Crippen LogP contribution in [0.15, 0.2) is 0 Å². The lowest BCUT2D eigenvalue weighted by Crippen LogP contribution is -2.18. The van der Waals surface area contributed by atoms with E-state index in [2.05, 4.69) is 6.92 Å². The molecule has 0 radical (unpaired) electrons. The van der Waals surface area contributed by atoms with E-state index in [1.165, 1.54) is 51.4 Å². The average Bonchev–Trinajstić information content (AvgIpc) is 2.41. The van der Waals surface area contributed by atoms with Crippen LogP contribution in [0.25, 0.3) is 0 Å². The molecule has 0 bridgehead atoms. The van der Waals surface area contributed by atoms with Gasteiger partial charge in [-0.15, -0.1) is 0 Å². The van der Waals surface area contributed by atoms with E-state index in [0.717, 1.165) is 12.8 Å². The first-order chi connectivity index (χ1) is 9.59. The van der Waals surface area contributed by atoms with Crippen molar-refractivity contribution in [1.82, 2.24) is 0 Å². The standard InChI is InChI=1S/C14H28O3.C2H6O/c1-2-3-4-5-6-7-8-9-10-11-12-13(15)14(16)17;1-2-3/h13,15H,2-12H2,1H3,(H,16,17);3H,2H2,1H3. The van der Waals surface area contributed by atoms with Crippen LogP contribution >= 0.6 is 0 Å². The van der Waals surface area contributed by atoms with Crippen molar-refractivity contribution >= 4 is 5.97 Å². The minimum Gasteiger partial charge on any atom is -0.479 e. The zero-order valence-corrected chi connectivity index (χ0v) is 13.3. The molecular weight excluding hydrogens is 256 g/mol. The van der Waals surface area contributed by atoms with Crippen LogP contribution in [0, 0.1) is 0 Å². The Morgan fingerprint density at radius 1 is 0.850 bits per heavy atom. The largest absolute Gasteiger partial charge is 0.479 e. The zero-order chi connectivity index (χ0) is 15.6. The molecule has 0 spiro atoms. The predicted octanol–water partition coefficient (Wildman–Crippen LogP) is 3.74. The summed E-state index contributed by atoms with van der Waals surface area (Å²) in [6, 6.07) is 0. The van der Waals surface area contributed by atoms with Crippen LogP contribution < -0.4 is 0 Å². The number of aliphatic hydroxyl groups is 2. The summed E-state index contributed by atoms with van der Waals surface area (Å²) < 4.78 is 0. The quantitative estimate of drug-likeness (QED) is 0.478. The van der Waals surface area contributed by atoms with Crippen LogP contribution in [0.3, 0.4) is 0 Å². The molecule has 0 amide bonds. The van der Waals surface area contributed by atoms with Gasteiger partial charge in [0.25, 0.3) is 0 Å². The number of aliphatic carboxylic acids is 1. The van der Waals surface area contributed by atoms with E-state index in [1.54, 1.807) is 6.92 Å². The van der Waals surface area contributed by atoms with E-state index in [1.807, 2.05) is 0 Å². The highest BCUT2D eigenvalue weighted by molar-refractivity contribution is 5.71. The second-order valence-electron chi connectivity index (χ2n) is 5.14. The third kappa shape index (κ3) is 19.7. The molecule has 0 aliphatic rings. The molecule has 0 heterocycles. The smallest absolute Gasteiger partial charge is 0.332 e. The Morgan fingerprint density at radius 3 is 1.55 bits per heavy atom. The van der Waals surface area contributed by atoms with E-state index >= 15 is 0 Å². The Morgan fingerprint density at radius 2 is 1.20 bits per heavy atom. The summed E-state index contributed by atoms with van der Waals surface area (Å²) in [6.45, 7) is 4.16. The van der Waals surface area contributed by atoms with Crippen molar-refractivity contribution in [3.63, 3.8) is 0 Å². The lowest BCUT2D eigenvalue weighted by molar-refractivity contribution is -0.146. The Kier molecular flexibility index (Phi) is 19.9. The fourth-order valence-corrected chi connectivity index (χ4v) is 1.95. The van der Waals surface area contributed by atoms with Gasteiger partial charge in [-0.2, -0.15) is 0 Å². The van der Waals surface area contributed by atoms with E-state index in [4.69, 9.17) is 15.3 Å². The Bertz CT molecular complexity index is 195. The van der Waals surface area contributed by atoms with Crippen molar-refractivity contribution in [2.45, 2.75) is 90.6 Å². The summed E-state index contributed by atoms with van der Waals surface area (Å²) in [5.74, 6) is -1.10. The third-order valence-corrected chi connectivity index (χ3v) is 3.12. The fourth-order valence-electron chi connectivity index (χ4n) is 1.95. The van der Waals surface area contributed by atoms with E-state index in [0.29, 0.717) is 6.42 Å². The molecule has 0 rings (SSSR count). The van der Waals surface area contributed by atoms with Gasteiger partial charge >= 0.3 is 5.97 Å². The fraction of sp³-hybridized carbons (Fsp3) is 0.938. The van der Waals surface area contributed by atoms with Crippen LogP contribution in [-0.4, -0.2) is 34.0 Å². The lowest BCUT2D eigenvalue weighted by Gasteiger charge is -2.05. The number of aliphatic hydroxyl groups excluding tert-OH is 2. The summed E-state index contributed by atoms with van der Waals surface area (Å²) in [5, 5.41) is 25.1. The monoisotopic (exact) mass is 290 g/mol. The first kappa shape index (κ1) is 21.7. The Hall–Kier alpha value is -0.610. The van der Waals surface area contributed by atoms with E-state index < -0.39 is 12.1 Å². The van der Waals surface area contributed by atoms with Gasteiger partial charge in [0.15, 0.2) is 6.10 Å². The lowest BCUT2D eigenvalue weighted by atomic mass is 10.0. The molecule has 1 atom stereocenters. The number of unbranched alkanes of at least 4 members (excludes halogenated alkanes) is 9. The number of rotatable bonds is 12. The van der Waals surface area contributed by atoms with Crippen molar-refractivity contribution in [2.24, 2.45) is 0 Å². The predicted molar refractivity (Wildman–Crippen MR) is 82.9 cm³/mol. The number of hydrogen-bond acceptors (Lipinski definition) is 3. The maximum atomic E-state index is 10.3. The van der Waals surface area contributed by atoms with Gasteiger partial charge in [0.2, 0.25) is 0 Å². The molecule has 4 nitrogen and oxygen atoms in total.